The average Bonchev–Trinajstić information content (AvgIpc) is 3.32. The van der Waals surface area contributed by atoms with Crippen LogP contribution in [0.5, 0.6) is 0 Å². The van der Waals surface area contributed by atoms with E-state index in [-0.39, 0.29) is 18.4 Å². The van der Waals surface area contributed by atoms with Crippen LogP contribution in [0, 0.1) is 0 Å². The molecule has 1 unspecified atom stereocenters. The highest BCUT2D eigenvalue weighted by Crippen LogP contribution is 2.23. The zero-order chi connectivity index (χ0) is 21.5. The van der Waals surface area contributed by atoms with E-state index in [0.29, 0.717) is 11.1 Å². The third kappa shape index (κ3) is 5.24. The molecule has 0 saturated heterocycles. The molecular formula is C25H21N3O2S. The minimum absolute atomic E-state index is 0.284. The minimum atomic E-state index is -0.805. The van der Waals surface area contributed by atoms with Crippen LogP contribution >= 0.6 is 11.3 Å². The van der Waals surface area contributed by atoms with Crippen LogP contribution in [0.25, 0.3) is 10.6 Å². The number of nitrogens with one attached hydrogen (secondary N) is 2. The highest BCUT2D eigenvalue weighted by Gasteiger charge is 2.23. The predicted octanol–water partition coefficient (Wildman–Crippen LogP) is 4.60. The third-order valence-electron chi connectivity index (χ3n) is 4.72. The molecule has 0 aliphatic carbocycles. The fourth-order valence-electron chi connectivity index (χ4n) is 3.13. The Morgan fingerprint density at radius 2 is 1.45 bits per heavy atom. The zero-order valence-corrected chi connectivity index (χ0v) is 17.5. The molecule has 0 aliphatic rings. The van der Waals surface area contributed by atoms with Gasteiger partial charge in [-0.1, -0.05) is 78.9 Å². The Labute approximate surface area is 184 Å². The van der Waals surface area contributed by atoms with Gasteiger partial charge in [0.05, 0.1) is 12.2 Å². The molecule has 1 heterocycles. The Bertz CT molecular complexity index is 1150. The number of thiazole rings is 1. The smallest absolute Gasteiger partial charge is 0.252 e. The maximum absolute atomic E-state index is 13.0. The van der Waals surface area contributed by atoms with Gasteiger partial charge in [-0.25, -0.2) is 4.98 Å². The predicted molar refractivity (Wildman–Crippen MR) is 122 cm³/mol. The second-order valence-electron chi connectivity index (χ2n) is 6.91. The molecule has 0 bridgehead atoms. The molecule has 154 valence electrons. The Kier molecular flexibility index (Phi) is 6.50. The molecule has 4 aromatic rings. The molecule has 0 aliphatic heterocycles. The van der Waals surface area contributed by atoms with E-state index in [0.717, 1.165) is 16.3 Å². The lowest BCUT2D eigenvalue weighted by atomic mass is 10.1. The summed E-state index contributed by atoms with van der Waals surface area (Å²) in [5, 5.41) is 8.60. The molecule has 0 saturated carbocycles. The van der Waals surface area contributed by atoms with Crippen LogP contribution in [0.4, 0.5) is 0 Å². The Morgan fingerprint density at radius 3 is 2.13 bits per heavy atom. The first kappa shape index (κ1) is 20.5. The summed E-state index contributed by atoms with van der Waals surface area (Å²) in [4.78, 5) is 30.3. The number of nitrogens with zero attached hydrogens (tertiary/aromatic N) is 1. The van der Waals surface area contributed by atoms with Crippen molar-refractivity contribution in [2.75, 3.05) is 0 Å². The summed E-state index contributed by atoms with van der Waals surface area (Å²) < 4.78 is 0. The van der Waals surface area contributed by atoms with Gasteiger partial charge in [-0.15, -0.1) is 11.3 Å². The van der Waals surface area contributed by atoms with Crippen LogP contribution < -0.4 is 10.6 Å². The number of aromatic nitrogens is 1. The quantitative estimate of drug-likeness (QED) is 0.453. The first-order chi connectivity index (χ1) is 15.2. The van der Waals surface area contributed by atoms with Gasteiger partial charge in [0.25, 0.3) is 5.91 Å². The summed E-state index contributed by atoms with van der Waals surface area (Å²) in [6, 6.07) is 27.2. The number of hydrogen-bond donors (Lipinski definition) is 2. The monoisotopic (exact) mass is 427 g/mol. The zero-order valence-electron chi connectivity index (χ0n) is 16.7. The molecule has 4 rings (SSSR count). The van der Waals surface area contributed by atoms with E-state index in [1.165, 1.54) is 11.3 Å². The maximum Gasteiger partial charge on any atom is 0.252 e. The second kappa shape index (κ2) is 9.82. The van der Waals surface area contributed by atoms with E-state index >= 15 is 0 Å². The topological polar surface area (TPSA) is 71.1 Å². The van der Waals surface area contributed by atoms with Crippen LogP contribution in [0.1, 0.15) is 27.7 Å². The molecule has 2 amide bonds. The molecule has 6 heteroatoms. The van der Waals surface area contributed by atoms with Crippen molar-refractivity contribution >= 4 is 23.2 Å². The van der Waals surface area contributed by atoms with Gasteiger partial charge in [0.1, 0.15) is 11.0 Å². The number of amides is 2. The van der Waals surface area contributed by atoms with Crippen LogP contribution in [-0.4, -0.2) is 16.8 Å². The second-order valence-corrected chi connectivity index (χ2v) is 7.77. The largest absolute Gasteiger partial charge is 0.348 e. The average molecular weight is 428 g/mol. The lowest BCUT2D eigenvalue weighted by molar-refractivity contribution is -0.123. The highest BCUT2D eigenvalue weighted by molar-refractivity contribution is 7.13. The van der Waals surface area contributed by atoms with Gasteiger partial charge in [-0.2, -0.15) is 0 Å². The molecular weight excluding hydrogens is 406 g/mol. The van der Waals surface area contributed by atoms with Crippen LogP contribution in [0.3, 0.4) is 0 Å². The van der Waals surface area contributed by atoms with Crippen molar-refractivity contribution in [3.05, 3.63) is 113 Å². The van der Waals surface area contributed by atoms with Gasteiger partial charge in [0, 0.05) is 16.5 Å². The molecule has 5 nitrogen and oxygen atoms in total. The molecule has 0 fully saturated rings. The molecule has 1 atom stereocenters. The van der Waals surface area contributed by atoms with Crippen LogP contribution in [-0.2, 0) is 11.3 Å². The Morgan fingerprint density at radius 1 is 0.839 bits per heavy atom. The van der Waals surface area contributed by atoms with Crippen LogP contribution in [0.2, 0.25) is 0 Å². The molecule has 31 heavy (non-hydrogen) atoms. The summed E-state index contributed by atoms with van der Waals surface area (Å²) in [6.07, 6.45) is 0. The van der Waals surface area contributed by atoms with E-state index in [1.807, 2.05) is 72.1 Å². The van der Waals surface area contributed by atoms with Crippen LogP contribution in [0.15, 0.2) is 96.4 Å². The fraction of sp³-hybridized carbons (Fsp3) is 0.0800. The highest BCUT2D eigenvalue weighted by atomic mass is 32.1. The van der Waals surface area contributed by atoms with Crippen molar-refractivity contribution in [1.82, 2.24) is 15.6 Å². The van der Waals surface area contributed by atoms with Crippen molar-refractivity contribution in [2.45, 2.75) is 12.6 Å². The van der Waals surface area contributed by atoms with Gasteiger partial charge in [-0.3, -0.25) is 9.59 Å². The molecule has 2 N–H and O–H groups in total. The van der Waals surface area contributed by atoms with Gasteiger partial charge >= 0.3 is 0 Å². The lowest BCUT2D eigenvalue weighted by Gasteiger charge is -2.19. The number of rotatable bonds is 7. The molecule has 1 aromatic heterocycles. The van der Waals surface area contributed by atoms with Gasteiger partial charge < -0.3 is 10.6 Å². The number of carbonyl (C=O) groups excluding carboxylic acids is 2. The molecule has 0 spiro atoms. The van der Waals surface area contributed by atoms with Gasteiger partial charge in [0.2, 0.25) is 5.91 Å². The number of hydrogen-bond acceptors (Lipinski definition) is 4. The first-order valence-corrected chi connectivity index (χ1v) is 10.8. The van der Waals surface area contributed by atoms with Crippen molar-refractivity contribution in [3.8, 4) is 10.6 Å². The SMILES string of the molecule is O=C(NC(C(=O)NCc1csc(-c2ccccc2)n1)c1ccccc1)c1ccccc1. The van der Waals surface area contributed by atoms with E-state index < -0.39 is 6.04 Å². The number of benzene rings is 3. The normalized spacial score (nSPS) is 11.5. The summed E-state index contributed by atoms with van der Waals surface area (Å²) in [6.45, 7) is 0.284. The third-order valence-corrected chi connectivity index (χ3v) is 5.66. The van der Waals surface area contributed by atoms with Gasteiger partial charge in [-0.05, 0) is 17.7 Å². The minimum Gasteiger partial charge on any atom is -0.348 e. The molecule has 0 radical (unpaired) electrons. The summed E-state index contributed by atoms with van der Waals surface area (Å²) in [5.74, 6) is -0.589. The Hall–Kier alpha value is -3.77. The maximum atomic E-state index is 13.0. The Balaban J connectivity index is 1.46. The van der Waals surface area contributed by atoms with E-state index in [4.69, 9.17) is 0 Å². The van der Waals surface area contributed by atoms with Crippen molar-refractivity contribution in [2.24, 2.45) is 0 Å². The van der Waals surface area contributed by atoms with E-state index in [2.05, 4.69) is 15.6 Å². The summed E-state index contributed by atoms with van der Waals surface area (Å²) in [7, 11) is 0. The molecule has 3 aromatic carbocycles. The van der Waals surface area contributed by atoms with Gasteiger partial charge in [0.15, 0.2) is 0 Å². The standard InChI is InChI=1S/C25H21N3O2S/c29-23(19-12-6-2-7-13-19)28-22(18-10-4-1-5-11-18)24(30)26-16-21-17-31-25(27-21)20-14-8-3-9-15-20/h1-15,17,22H,16H2,(H,26,30)(H,28,29). The summed E-state index contributed by atoms with van der Waals surface area (Å²) in [5.41, 5.74) is 3.04. The van der Waals surface area contributed by atoms with Crippen molar-refractivity contribution in [1.29, 1.82) is 0 Å². The van der Waals surface area contributed by atoms with E-state index in [9.17, 15) is 9.59 Å². The van der Waals surface area contributed by atoms with E-state index in [1.54, 1.807) is 24.3 Å². The van der Waals surface area contributed by atoms with Crippen molar-refractivity contribution in [3.63, 3.8) is 0 Å². The van der Waals surface area contributed by atoms with Crippen molar-refractivity contribution < 1.29 is 9.59 Å². The fourth-order valence-corrected chi connectivity index (χ4v) is 3.96. The summed E-state index contributed by atoms with van der Waals surface area (Å²) >= 11 is 1.53. The first-order valence-electron chi connectivity index (χ1n) is 9.89. The lowest BCUT2D eigenvalue weighted by Crippen LogP contribution is -2.40. The number of carbonyl (C=O) groups is 2.